The monoisotopic (exact) mass is 430 g/mol. The van der Waals surface area contributed by atoms with Crippen molar-refractivity contribution in [2.24, 2.45) is 0 Å². The molecule has 5 nitrogen and oxygen atoms in total. The molecule has 0 saturated carbocycles. The summed E-state index contributed by atoms with van der Waals surface area (Å²) < 4.78 is 45.9. The number of para-hydroxylation sites is 1. The third kappa shape index (κ3) is 3.71. The predicted molar refractivity (Wildman–Crippen MR) is 108 cm³/mol. The summed E-state index contributed by atoms with van der Waals surface area (Å²) in [7, 11) is 0. The van der Waals surface area contributed by atoms with Crippen molar-refractivity contribution >= 4 is 33.3 Å². The number of halogens is 3. The van der Waals surface area contributed by atoms with Gasteiger partial charge in [-0.05, 0) is 25.1 Å². The standard InChI is InChI=1S/C21H13F3N2O3S/c1-11-10-25-20(30-11)26-19(28)14-7-4-6-13-16(27)9-17(29-18(13)14)12-5-2-3-8-15(12)21(22,23)24/h2-10H,1H3,(H,25,26,28). The van der Waals surface area contributed by atoms with Gasteiger partial charge in [0.15, 0.2) is 16.1 Å². The van der Waals surface area contributed by atoms with E-state index in [9.17, 15) is 22.8 Å². The Hall–Kier alpha value is -3.46. The van der Waals surface area contributed by atoms with Crippen LogP contribution in [0.2, 0.25) is 0 Å². The fraction of sp³-hybridized carbons (Fsp3) is 0.0952. The molecule has 30 heavy (non-hydrogen) atoms. The van der Waals surface area contributed by atoms with Crippen LogP contribution >= 0.6 is 11.3 Å². The zero-order chi connectivity index (χ0) is 21.5. The number of hydrogen-bond donors (Lipinski definition) is 1. The summed E-state index contributed by atoms with van der Waals surface area (Å²) >= 11 is 1.26. The average molecular weight is 430 g/mol. The van der Waals surface area contributed by atoms with Gasteiger partial charge in [0.1, 0.15) is 5.76 Å². The van der Waals surface area contributed by atoms with E-state index in [2.05, 4.69) is 10.3 Å². The van der Waals surface area contributed by atoms with Crippen LogP contribution in [0, 0.1) is 6.92 Å². The topological polar surface area (TPSA) is 72.2 Å². The van der Waals surface area contributed by atoms with E-state index in [1.165, 1.54) is 47.7 Å². The van der Waals surface area contributed by atoms with Gasteiger partial charge in [-0.1, -0.05) is 24.3 Å². The molecule has 0 atom stereocenters. The number of carbonyl (C=O) groups excluding carboxylic acids is 1. The number of fused-ring (bicyclic) bond motifs is 1. The van der Waals surface area contributed by atoms with E-state index < -0.39 is 23.1 Å². The molecule has 0 radical (unpaired) electrons. The van der Waals surface area contributed by atoms with E-state index in [0.717, 1.165) is 17.0 Å². The highest BCUT2D eigenvalue weighted by Gasteiger charge is 2.34. The second-order valence-electron chi connectivity index (χ2n) is 6.43. The molecular formula is C21H13F3N2O3S. The molecule has 2 heterocycles. The molecule has 0 aliphatic rings. The van der Waals surface area contributed by atoms with E-state index in [4.69, 9.17) is 4.42 Å². The van der Waals surface area contributed by atoms with Gasteiger partial charge in [-0.15, -0.1) is 11.3 Å². The Labute approximate surface area is 171 Å². The van der Waals surface area contributed by atoms with Crippen LogP contribution in [0.3, 0.4) is 0 Å². The van der Waals surface area contributed by atoms with E-state index in [1.807, 2.05) is 6.92 Å². The van der Waals surface area contributed by atoms with E-state index >= 15 is 0 Å². The highest BCUT2D eigenvalue weighted by atomic mass is 32.1. The third-order valence-electron chi connectivity index (χ3n) is 4.34. The lowest BCUT2D eigenvalue weighted by atomic mass is 10.0. The molecule has 1 amide bonds. The summed E-state index contributed by atoms with van der Waals surface area (Å²) in [6, 6.07) is 10.2. The number of nitrogens with one attached hydrogen (secondary N) is 1. The Kier molecular flexibility index (Phi) is 4.90. The molecule has 0 spiro atoms. The van der Waals surface area contributed by atoms with Crippen molar-refractivity contribution in [3.63, 3.8) is 0 Å². The van der Waals surface area contributed by atoms with Gasteiger partial charge < -0.3 is 4.42 Å². The fourth-order valence-corrected chi connectivity index (χ4v) is 3.67. The lowest BCUT2D eigenvalue weighted by Crippen LogP contribution is -2.14. The minimum Gasteiger partial charge on any atom is -0.455 e. The number of alkyl halides is 3. The van der Waals surface area contributed by atoms with Crippen LogP contribution in [-0.2, 0) is 6.18 Å². The maximum absolute atomic E-state index is 13.4. The van der Waals surface area contributed by atoms with Crippen LogP contribution in [0.1, 0.15) is 20.8 Å². The Morgan fingerprint density at radius 2 is 1.90 bits per heavy atom. The van der Waals surface area contributed by atoms with Crippen LogP contribution in [-0.4, -0.2) is 10.9 Å². The van der Waals surface area contributed by atoms with Gasteiger partial charge in [0, 0.05) is 22.7 Å². The zero-order valence-corrected chi connectivity index (χ0v) is 16.2. The lowest BCUT2D eigenvalue weighted by molar-refractivity contribution is -0.137. The Morgan fingerprint density at radius 3 is 2.60 bits per heavy atom. The molecule has 2 aromatic heterocycles. The highest BCUT2D eigenvalue weighted by Crippen LogP contribution is 2.37. The fourth-order valence-electron chi connectivity index (χ4n) is 3.01. The molecule has 9 heteroatoms. The summed E-state index contributed by atoms with van der Waals surface area (Å²) in [5.74, 6) is -0.856. The number of anilines is 1. The molecular weight excluding hydrogens is 417 g/mol. The second kappa shape index (κ2) is 7.42. The molecule has 4 rings (SSSR count). The molecule has 0 aliphatic heterocycles. The van der Waals surface area contributed by atoms with Gasteiger partial charge in [0.05, 0.1) is 16.5 Å². The quantitative estimate of drug-likeness (QED) is 0.466. The first-order valence-corrected chi connectivity index (χ1v) is 9.53. The Morgan fingerprint density at radius 1 is 1.13 bits per heavy atom. The van der Waals surface area contributed by atoms with Crippen molar-refractivity contribution < 1.29 is 22.4 Å². The number of carbonyl (C=O) groups is 1. The molecule has 0 bridgehead atoms. The van der Waals surface area contributed by atoms with E-state index in [0.29, 0.717) is 5.13 Å². The van der Waals surface area contributed by atoms with Crippen LogP contribution < -0.4 is 10.7 Å². The molecule has 0 unspecified atom stereocenters. The highest BCUT2D eigenvalue weighted by molar-refractivity contribution is 7.15. The average Bonchev–Trinajstić information content (AvgIpc) is 3.11. The maximum atomic E-state index is 13.4. The van der Waals surface area contributed by atoms with Crippen LogP contribution in [0.4, 0.5) is 18.3 Å². The molecule has 152 valence electrons. The van der Waals surface area contributed by atoms with Gasteiger partial charge in [0.2, 0.25) is 0 Å². The van der Waals surface area contributed by atoms with Crippen molar-refractivity contribution in [1.82, 2.24) is 4.98 Å². The number of aryl methyl sites for hydroxylation is 1. The third-order valence-corrected chi connectivity index (χ3v) is 5.17. The Bertz CT molecular complexity index is 1330. The minimum atomic E-state index is -4.64. The number of amides is 1. The van der Waals surface area contributed by atoms with Gasteiger partial charge in [-0.3, -0.25) is 14.9 Å². The SMILES string of the molecule is Cc1cnc(NC(=O)c2cccc3c(=O)cc(-c4ccccc4C(F)(F)F)oc23)s1. The van der Waals surface area contributed by atoms with Crippen molar-refractivity contribution in [2.75, 3.05) is 5.32 Å². The van der Waals surface area contributed by atoms with E-state index in [1.54, 1.807) is 6.20 Å². The largest absolute Gasteiger partial charge is 0.455 e. The first-order chi connectivity index (χ1) is 14.2. The molecule has 0 saturated heterocycles. The van der Waals surface area contributed by atoms with Crippen molar-refractivity contribution in [3.05, 3.63) is 81.0 Å². The van der Waals surface area contributed by atoms with Crippen molar-refractivity contribution in [2.45, 2.75) is 13.1 Å². The summed E-state index contributed by atoms with van der Waals surface area (Å²) in [5, 5.41) is 3.06. The number of nitrogens with zero attached hydrogens (tertiary/aromatic N) is 1. The summed E-state index contributed by atoms with van der Waals surface area (Å²) in [6.45, 7) is 1.83. The number of rotatable bonds is 3. The van der Waals surface area contributed by atoms with Crippen LogP contribution in [0.25, 0.3) is 22.3 Å². The van der Waals surface area contributed by atoms with Crippen LogP contribution in [0.15, 0.2) is 63.9 Å². The van der Waals surface area contributed by atoms with E-state index in [-0.39, 0.29) is 27.9 Å². The molecule has 2 aromatic carbocycles. The van der Waals surface area contributed by atoms with Crippen molar-refractivity contribution in [1.29, 1.82) is 0 Å². The minimum absolute atomic E-state index is 0.0174. The molecule has 0 fully saturated rings. The van der Waals surface area contributed by atoms with Gasteiger partial charge in [0.25, 0.3) is 5.91 Å². The van der Waals surface area contributed by atoms with Crippen molar-refractivity contribution in [3.8, 4) is 11.3 Å². The normalized spacial score (nSPS) is 11.6. The first-order valence-electron chi connectivity index (χ1n) is 8.71. The first kappa shape index (κ1) is 19.8. The number of aromatic nitrogens is 1. The van der Waals surface area contributed by atoms with Gasteiger partial charge in [-0.2, -0.15) is 13.2 Å². The molecule has 0 aliphatic carbocycles. The predicted octanol–water partition coefficient (Wildman–Crippen LogP) is 5.50. The molecule has 4 aromatic rings. The second-order valence-corrected chi connectivity index (χ2v) is 7.67. The summed E-state index contributed by atoms with van der Waals surface area (Å²) in [5.41, 5.74) is -1.85. The number of benzene rings is 2. The van der Waals surface area contributed by atoms with Crippen LogP contribution in [0.5, 0.6) is 0 Å². The maximum Gasteiger partial charge on any atom is 0.417 e. The summed E-state index contributed by atoms with van der Waals surface area (Å²) in [6.07, 6.45) is -3.04. The molecule has 1 N–H and O–H groups in total. The van der Waals surface area contributed by atoms with Gasteiger partial charge >= 0.3 is 6.18 Å². The Balaban J connectivity index is 1.87. The number of thiazole rings is 1. The summed E-state index contributed by atoms with van der Waals surface area (Å²) in [4.78, 5) is 30.3. The number of hydrogen-bond acceptors (Lipinski definition) is 5. The zero-order valence-electron chi connectivity index (χ0n) is 15.4. The lowest BCUT2D eigenvalue weighted by Gasteiger charge is -2.13. The van der Waals surface area contributed by atoms with Gasteiger partial charge in [-0.25, -0.2) is 4.98 Å². The smallest absolute Gasteiger partial charge is 0.417 e.